The largest absolute Gasteiger partial charge is 0.337 e. The van der Waals surface area contributed by atoms with Gasteiger partial charge in [0.1, 0.15) is 11.9 Å². The number of hydrogen-bond acceptors (Lipinski definition) is 4. The van der Waals surface area contributed by atoms with Crippen molar-refractivity contribution in [2.24, 2.45) is 4.99 Å². The molecule has 0 bridgehead atoms. The first kappa shape index (κ1) is 19.4. The van der Waals surface area contributed by atoms with Crippen molar-refractivity contribution >= 4 is 33.4 Å². The van der Waals surface area contributed by atoms with E-state index >= 15 is 0 Å². The van der Waals surface area contributed by atoms with Crippen molar-refractivity contribution in [3.05, 3.63) is 64.7 Å². The number of benzene rings is 2. The van der Waals surface area contributed by atoms with E-state index in [9.17, 15) is 13.2 Å². The maximum Gasteiger partial charge on any atom is 0.263 e. The molecule has 2 aromatic rings. The van der Waals surface area contributed by atoms with Crippen LogP contribution in [0.1, 0.15) is 25.0 Å². The highest BCUT2D eigenvalue weighted by atomic mass is 35.5. The average Bonchev–Trinajstić information content (AvgIpc) is 2.91. The second kappa shape index (κ2) is 7.70. The fourth-order valence-electron chi connectivity index (χ4n) is 2.92. The summed E-state index contributed by atoms with van der Waals surface area (Å²) in [7, 11) is -3.63. The molecule has 6 nitrogen and oxygen atoms in total. The monoisotopic (exact) mass is 405 g/mol. The molecule has 0 spiro atoms. The first-order valence-electron chi connectivity index (χ1n) is 8.55. The van der Waals surface area contributed by atoms with Gasteiger partial charge in [0.2, 0.25) is 5.91 Å². The SMILES string of the molecule is CCN(Cc1ccccc1Cl)C(=O)[C@H](C)N=C1NS(=O)(=O)c2ccccc21. The lowest BCUT2D eigenvalue weighted by atomic mass is 10.2. The molecule has 1 amide bonds. The molecule has 0 aromatic heterocycles. The number of nitrogens with zero attached hydrogens (tertiary/aromatic N) is 2. The van der Waals surface area contributed by atoms with E-state index in [-0.39, 0.29) is 16.6 Å². The third kappa shape index (κ3) is 3.99. The van der Waals surface area contributed by atoms with Crippen molar-refractivity contribution in [2.45, 2.75) is 31.3 Å². The third-order valence-electron chi connectivity index (χ3n) is 4.36. The summed E-state index contributed by atoms with van der Waals surface area (Å²) in [6.45, 7) is 4.39. The van der Waals surface area contributed by atoms with E-state index in [0.717, 1.165) is 5.56 Å². The van der Waals surface area contributed by atoms with Crippen LogP contribution < -0.4 is 4.72 Å². The molecule has 1 aliphatic rings. The first-order valence-corrected chi connectivity index (χ1v) is 10.4. The first-order chi connectivity index (χ1) is 12.8. The molecular formula is C19H20ClN3O3S. The number of carbonyl (C=O) groups excluding carboxylic acids is 1. The molecule has 1 aliphatic heterocycles. The zero-order valence-corrected chi connectivity index (χ0v) is 16.6. The van der Waals surface area contributed by atoms with Gasteiger partial charge in [0.15, 0.2) is 0 Å². The van der Waals surface area contributed by atoms with E-state index < -0.39 is 16.1 Å². The zero-order valence-electron chi connectivity index (χ0n) is 15.0. The predicted octanol–water partition coefficient (Wildman–Crippen LogP) is 2.82. The number of rotatable bonds is 5. The van der Waals surface area contributed by atoms with Gasteiger partial charge in [0.05, 0.1) is 4.90 Å². The van der Waals surface area contributed by atoms with Crippen LogP contribution in [-0.2, 0) is 21.4 Å². The van der Waals surface area contributed by atoms with Crippen LogP contribution in [0, 0.1) is 0 Å². The van der Waals surface area contributed by atoms with E-state index in [1.807, 2.05) is 25.1 Å². The molecule has 8 heteroatoms. The zero-order chi connectivity index (χ0) is 19.6. The Balaban J connectivity index is 1.83. The van der Waals surface area contributed by atoms with Crippen LogP contribution in [0.2, 0.25) is 5.02 Å². The summed E-state index contributed by atoms with van der Waals surface area (Å²) in [5.41, 5.74) is 1.33. The van der Waals surface area contributed by atoms with Gasteiger partial charge in [-0.15, -0.1) is 0 Å². The van der Waals surface area contributed by atoms with Crippen molar-refractivity contribution in [1.29, 1.82) is 0 Å². The molecule has 0 aliphatic carbocycles. The van der Waals surface area contributed by atoms with Gasteiger partial charge in [0, 0.05) is 23.7 Å². The van der Waals surface area contributed by atoms with Gasteiger partial charge >= 0.3 is 0 Å². The maximum atomic E-state index is 12.8. The van der Waals surface area contributed by atoms with Crippen LogP contribution in [0.5, 0.6) is 0 Å². The summed E-state index contributed by atoms with van der Waals surface area (Å²) < 4.78 is 26.8. The van der Waals surface area contributed by atoms with Crippen LogP contribution in [0.3, 0.4) is 0 Å². The number of halogens is 1. The summed E-state index contributed by atoms with van der Waals surface area (Å²) in [5.74, 6) is -0.00579. The number of fused-ring (bicyclic) bond motifs is 1. The van der Waals surface area contributed by atoms with Crippen molar-refractivity contribution in [3.63, 3.8) is 0 Å². The Labute approximate surface area is 163 Å². The lowest BCUT2D eigenvalue weighted by Crippen LogP contribution is -2.37. The number of sulfonamides is 1. The molecule has 0 fully saturated rings. The minimum atomic E-state index is -3.63. The Morgan fingerprint density at radius 2 is 1.85 bits per heavy atom. The van der Waals surface area contributed by atoms with Crippen molar-refractivity contribution in [3.8, 4) is 0 Å². The molecule has 0 saturated heterocycles. The van der Waals surface area contributed by atoms with Gasteiger partial charge in [-0.2, -0.15) is 0 Å². The molecule has 27 heavy (non-hydrogen) atoms. The molecule has 0 unspecified atom stereocenters. The van der Waals surface area contributed by atoms with Crippen molar-refractivity contribution in [1.82, 2.24) is 9.62 Å². The van der Waals surface area contributed by atoms with Crippen LogP contribution in [0.4, 0.5) is 0 Å². The number of hydrogen-bond donors (Lipinski definition) is 1. The summed E-state index contributed by atoms with van der Waals surface area (Å²) in [5, 5.41) is 0.597. The summed E-state index contributed by atoms with van der Waals surface area (Å²) >= 11 is 6.19. The van der Waals surface area contributed by atoms with Gasteiger partial charge < -0.3 is 4.90 Å². The molecule has 2 aromatic carbocycles. The standard InChI is InChI=1S/C19H20ClN3O3S/c1-3-23(12-14-8-4-6-10-16(14)20)19(24)13(2)21-18-15-9-5-7-11-17(15)27(25,26)22-18/h4-11,13H,3,12H2,1-2H3,(H,21,22)/t13-/m0/s1. The van der Waals surface area contributed by atoms with Gasteiger partial charge in [-0.1, -0.05) is 41.9 Å². The Kier molecular flexibility index (Phi) is 5.53. The molecule has 0 saturated carbocycles. The van der Waals surface area contributed by atoms with Gasteiger partial charge in [-0.25, -0.2) is 8.42 Å². The molecule has 0 radical (unpaired) electrons. The quantitative estimate of drug-likeness (QED) is 0.830. The summed E-state index contributed by atoms with van der Waals surface area (Å²) in [4.78, 5) is 19.0. The molecule has 1 N–H and O–H groups in total. The Morgan fingerprint density at radius 3 is 2.56 bits per heavy atom. The molecule has 3 rings (SSSR count). The Hall–Kier alpha value is -2.38. The lowest BCUT2D eigenvalue weighted by molar-refractivity contribution is -0.132. The maximum absolute atomic E-state index is 12.8. The summed E-state index contributed by atoms with van der Waals surface area (Å²) in [6.07, 6.45) is 0. The normalized spacial score (nSPS) is 17.2. The number of amidine groups is 1. The fraction of sp³-hybridized carbons (Fsp3) is 0.263. The van der Waals surface area contributed by atoms with E-state index in [2.05, 4.69) is 9.71 Å². The predicted molar refractivity (Wildman–Crippen MR) is 105 cm³/mol. The van der Waals surface area contributed by atoms with Crippen LogP contribution in [-0.4, -0.2) is 37.6 Å². The Bertz CT molecular complexity index is 1000. The number of likely N-dealkylation sites (N-methyl/N-ethyl adjacent to an activating group) is 1. The third-order valence-corrected chi connectivity index (χ3v) is 6.12. The minimum absolute atomic E-state index is 0.173. The highest BCUT2D eigenvalue weighted by Gasteiger charge is 2.31. The fourth-order valence-corrected chi connectivity index (χ4v) is 4.36. The van der Waals surface area contributed by atoms with Crippen LogP contribution >= 0.6 is 11.6 Å². The molecule has 1 atom stereocenters. The van der Waals surface area contributed by atoms with Gasteiger partial charge in [0.25, 0.3) is 10.0 Å². The van der Waals surface area contributed by atoms with Crippen molar-refractivity contribution < 1.29 is 13.2 Å². The molecule has 1 heterocycles. The number of nitrogens with one attached hydrogen (secondary N) is 1. The second-order valence-electron chi connectivity index (χ2n) is 6.20. The summed E-state index contributed by atoms with van der Waals surface area (Å²) in [6, 6.07) is 13.2. The van der Waals surface area contributed by atoms with Crippen molar-refractivity contribution in [2.75, 3.05) is 6.54 Å². The van der Waals surface area contributed by atoms with E-state index in [1.165, 1.54) is 6.07 Å². The Morgan fingerprint density at radius 1 is 1.19 bits per heavy atom. The number of carbonyl (C=O) groups is 1. The topological polar surface area (TPSA) is 78.8 Å². The second-order valence-corrected chi connectivity index (χ2v) is 8.26. The smallest absolute Gasteiger partial charge is 0.263 e. The highest BCUT2D eigenvalue weighted by molar-refractivity contribution is 7.90. The highest BCUT2D eigenvalue weighted by Crippen LogP contribution is 2.23. The molecular weight excluding hydrogens is 386 g/mol. The van der Waals surface area contributed by atoms with E-state index in [0.29, 0.717) is 23.7 Å². The minimum Gasteiger partial charge on any atom is -0.337 e. The molecule has 142 valence electrons. The van der Waals surface area contributed by atoms with E-state index in [4.69, 9.17) is 11.6 Å². The van der Waals surface area contributed by atoms with Gasteiger partial charge in [-0.3, -0.25) is 14.5 Å². The lowest BCUT2D eigenvalue weighted by Gasteiger charge is -2.23. The van der Waals surface area contributed by atoms with Crippen LogP contribution in [0.25, 0.3) is 0 Å². The average molecular weight is 406 g/mol. The van der Waals surface area contributed by atoms with Gasteiger partial charge in [-0.05, 0) is 37.6 Å². The number of amides is 1. The number of aliphatic imine (C=N–C) groups is 1. The van der Waals surface area contributed by atoms with Crippen LogP contribution in [0.15, 0.2) is 58.4 Å². The van der Waals surface area contributed by atoms with E-state index in [1.54, 1.807) is 36.1 Å².